The molecule has 19 heavy (non-hydrogen) atoms. The van der Waals surface area contributed by atoms with Crippen molar-refractivity contribution < 1.29 is 4.74 Å². The second-order valence-electron chi connectivity index (χ2n) is 5.25. The second kappa shape index (κ2) is 4.34. The monoisotopic (exact) mass is 262 g/mol. The molecule has 1 saturated heterocycles. The van der Waals surface area contributed by atoms with Crippen molar-refractivity contribution in [2.45, 2.75) is 19.4 Å². The highest BCUT2D eigenvalue weighted by Gasteiger charge is 2.29. The summed E-state index contributed by atoms with van der Waals surface area (Å²) in [6.45, 7) is 6.48. The fourth-order valence-corrected chi connectivity index (χ4v) is 2.36. The van der Waals surface area contributed by atoms with E-state index in [0.717, 1.165) is 24.4 Å². The van der Waals surface area contributed by atoms with Gasteiger partial charge in [0.1, 0.15) is 5.52 Å². The molecule has 0 aliphatic carbocycles. The lowest BCUT2D eigenvalue weighted by molar-refractivity contribution is -0.0278. The maximum absolute atomic E-state index is 5.74. The van der Waals surface area contributed by atoms with E-state index in [1.54, 1.807) is 13.4 Å². The van der Waals surface area contributed by atoms with Gasteiger partial charge in [-0.2, -0.15) is 9.97 Å². The predicted octanol–water partition coefficient (Wildman–Crippen LogP) is 1.01. The van der Waals surface area contributed by atoms with Gasteiger partial charge in [-0.25, -0.2) is 4.98 Å². The third-order valence-corrected chi connectivity index (χ3v) is 3.22. The van der Waals surface area contributed by atoms with E-state index in [0.29, 0.717) is 18.2 Å². The Morgan fingerprint density at radius 3 is 3.00 bits per heavy atom. The van der Waals surface area contributed by atoms with Crippen molar-refractivity contribution in [2.75, 3.05) is 37.0 Å². The molecule has 2 aromatic rings. The average molecular weight is 262 g/mol. The van der Waals surface area contributed by atoms with Crippen molar-refractivity contribution in [3.05, 3.63) is 6.33 Å². The number of anilines is 2. The van der Waals surface area contributed by atoms with Crippen molar-refractivity contribution >= 4 is 22.9 Å². The van der Waals surface area contributed by atoms with Gasteiger partial charge in [0.15, 0.2) is 11.5 Å². The van der Waals surface area contributed by atoms with Gasteiger partial charge in [0, 0.05) is 20.1 Å². The number of nitrogens with zero attached hydrogens (tertiary/aromatic N) is 4. The molecule has 1 aliphatic heterocycles. The molecule has 0 spiro atoms. The van der Waals surface area contributed by atoms with Crippen LogP contribution in [-0.2, 0) is 4.74 Å². The third-order valence-electron chi connectivity index (χ3n) is 3.22. The van der Waals surface area contributed by atoms with Crippen LogP contribution in [0.15, 0.2) is 6.33 Å². The van der Waals surface area contributed by atoms with Crippen molar-refractivity contribution in [3.8, 4) is 0 Å². The number of nitrogens with one attached hydrogen (secondary N) is 2. The van der Waals surface area contributed by atoms with Gasteiger partial charge in [-0.3, -0.25) is 0 Å². The number of morpholine rings is 1. The Hall–Kier alpha value is -1.89. The Kier molecular flexibility index (Phi) is 2.78. The topological polar surface area (TPSA) is 79.0 Å². The standard InChI is InChI=1S/C12H18N6O/c1-12(2)6-18(4-5-19-12)10-8-9(15-7-14-8)16-11(13-3)17-10/h7H,4-6H2,1-3H3,(H2,13,14,15,16,17). The molecule has 0 radical (unpaired) electrons. The van der Waals surface area contributed by atoms with Gasteiger partial charge in [-0.1, -0.05) is 0 Å². The first-order chi connectivity index (χ1) is 9.09. The van der Waals surface area contributed by atoms with Crippen LogP contribution in [0.5, 0.6) is 0 Å². The molecule has 0 aromatic carbocycles. The molecular formula is C12H18N6O. The van der Waals surface area contributed by atoms with Gasteiger partial charge >= 0.3 is 0 Å². The zero-order chi connectivity index (χ0) is 13.5. The van der Waals surface area contributed by atoms with Crippen LogP contribution >= 0.6 is 0 Å². The fourth-order valence-electron chi connectivity index (χ4n) is 2.36. The number of H-pyrrole nitrogens is 1. The molecular weight excluding hydrogens is 244 g/mol. The Balaban J connectivity index is 2.05. The van der Waals surface area contributed by atoms with Crippen LogP contribution < -0.4 is 10.2 Å². The molecule has 0 amide bonds. The lowest BCUT2D eigenvalue weighted by atomic mass is 10.1. The van der Waals surface area contributed by atoms with Crippen molar-refractivity contribution in [3.63, 3.8) is 0 Å². The molecule has 0 saturated carbocycles. The number of hydrogen-bond donors (Lipinski definition) is 2. The predicted molar refractivity (Wildman–Crippen MR) is 73.5 cm³/mol. The number of hydrogen-bond acceptors (Lipinski definition) is 6. The Morgan fingerprint density at radius 1 is 1.42 bits per heavy atom. The van der Waals surface area contributed by atoms with E-state index >= 15 is 0 Å². The van der Waals surface area contributed by atoms with Gasteiger partial charge in [0.2, 0.25) is 5.95 Å². The highest BCUT2D eigenvalue weighted by Crippen LogP contribution is 2.27. The maximum atomic E-state index is 5.74. The van der Waals surface area contributed by atoms with Gasteiger partial charge in [-0.15, -0.1) is 0 Å². The Bertz CT molecular complexity index is 593. The summed E-state index contributed by atoms with van der Waals surface area (Å²) < 4.78 is 5.74. The normalized spacial score (nSPS) is 18.8. The summed E-state index contributed by atoms with van der Waals surface area (Å²) in [5.74, 6) is 1.46. The maximum Gasteiger partial charge on any atom is 0.226 e. The number of imidazole rings is 1. The third kappa shape index (κ3) is 2.21. The molecule has 0 atom stereocenters. The van der Waals surface area contributed by atoms with Crippen LogP contribution in [0, 0.1) is 0 Å². The molecule has 7 nitrogen and oxygen atoms in total. The number of ether oxygens (including phenoxy) is 1. The number of aromatic amines is 1. The first-order valence-corrected chi connectivity index (χ1v) is 6.37. The second-order valence-corrected chi connectivity index (χ2v) is 5.25. The number of rotatable bonds is 2. The fraction of sp³-hybridized carbons (Fsp3) is 0.583. The molecule has 0 bridgehead atoms. The Labute approximate surface area is 111 Å². The highest BCUT2D eigenvalue weighted by atomic mass is 16.5. The summed E-state index contributed by atoms with van der Waals surface area (Å²) in [7, 11) is 1.81. The van der Waals surface area contributed by atoms with Crippen LogP contribution in [0.25, 0.3) is 11.2 Å². The zero-order valence-electron chi connectivity index (χ0n) is 11.4. The van der Waals surface area contributed by atoms with Crippen LogP contribution in [0.1, 0.15) is 13.8 Å². The lowest BCUT2D eigenvalue weighted by Crippen LogP contribution is -2.48. The molecule has 3 heterocycles. The molecule has 102 valence electrons. The van der Waals surface area contributed by atoms with Crippen LogP contribution in [0.3, 0.4) is 0 Å². The Morgan fingerprint density at radius 2 is 2.26 bits per heavy atom. The van der Waals surface area contributed by atoms with E-state index in [2.05, 4.69) is 44.0 Å². The molecule has 0 unspecified atom stereocenters. The van der Waals surface area contributed by atoms with E-state index < -0.39 is 0 Å². The van der Waals surface area contributed by atoms with E-state index in [9.17, 15) is 0 Å². The van der Waals surface area contributed by atoms with Crippen LogP contribution in [0.4, 0.5) is 11.8 Å². The zero-order valence-corrected chi connectivity index (χ0v) is 11.4. The highest BCUT2D eigenvalue weighted by molar-refractivity contribution is 5.84. The average Bonchev–Trinajstić information content (AvgIpc) is 2.84. The summed E-state index contributed by atoms with van der Waals surface area (Å²) in [6, 6.07) is 0. The first kappa shape index (κ1) is 12.2. The number of aromatic nitrogens is 4. The van der Waals surface area contributed by atoms with Crippen molar-refractivity contribution in [2.24, 2.45) is 0 Å². The van der Waals surface area contributed by atoms with E-state index in [-0.39, 0.29) is 5.60 Å². The van der Waals surface area contributed by atoms with Crippen LogP contribution in [-0.4, -0.2) is 52.3 Å². The summed E-state index contributed by atoms with van der Waals surface area (Å²) in [5, 5.41) is 2.98. The van der Waals surface area contributed by atoms with Crippen LogP contribution in [0.2, 0.25) is 0 Å². The number of fused-ring (bicyclic) bond motifs is 1. The quantitative estimate of drug-likeness (QED) is 0.841. The summed E-state index contributed by atoms with van der Waals surface area (Å²) in [4.78, 5) is 18.4. The molecule has 2 aromatic heterocycles. The minimum atomic E-state index is -0.171. The molecule has 2 N–H and O–H groups in total. The lowest BCUT2D eigenvalue weighted by Gasteiger charge is -2.38. The summed E-state index contributed by atoms with van der Waals surface area (Å²) in [5.41, 5.74) is 1.38. The smallest absolute Gasteiger partial charge is 0.226 e. The molecule has 3 rings (SSSR count). The van der Waals surface area contributed by atoms with Crippen molar-refractivity contribution in [1.29, 1.82) is 0 Å². The van der Waals surface area contributed by atoms with Crippen molar-refractivity contribution in [1.82, 2.24) is 19.9 Å². The summed E-state index contributed by atoms with van der Waals surface area (Å²) >= 11 is 0. The van der Waals surface area contributed by atoms with Gasteiger partial charge < -0.3 is 19.9 Å². The van der Waals surface area contributed by atoms with Gasteiger partial charge in [0.05, 0.1) is 18.5 Å². The molecule has 1 fully saturated rings. The first-order valence-electron chi connectivity index (χ1n) is 6.37. The minimum absolute atomic E-state index is 0.171. The SMILES string of the molecule is CNc1nc(N2CCOC(C)(C)C2)c2[nH]cnc2n1. The van der Waals surface area contributed by atoms with E-state index in [4.69, 9.17) is 4.74 Å². The summed E-state index contributed by atoms with van der Waals surface area (Å²) in [6.07, 6.45) is 1.65. The minimum Gasteiger partial charge on any atom is -0.372 e. The van der Waals surface area contributed by atoms with E-state index in [1.807, 2.05) is 0 Å². The molecule has 7 heteroatoms. The van der Waals surface area contributed by atoms with Gasteiger partial charge in [0.25, 0.3) is 0 Å². The largest absolute Gasteiger partial charge is 0.372 e. The molecule has 1 aliphatic rings. The van der Waals surface area contributed by atoms with Gasteiger partial charge in [-0.05, 0) is 13.8 Å². The van der Waals surface area contributed by atoms with E-state index in [1.165, 1.54) is 0 Å².